The molecule has 2 aliphatic rings. The van der Waals surface area contributed by atoms with Crippen molar-refractivity contribution in [3.63, 3.8) is 0 Å². The van der Waals surface area contributed by atoms with Crippen molar-refractivity contribution in [1.82, 2.24) is 4.90 Å². The first-order valence-corrected chi connectivity index (χ1v) is 21.4. The maximum absolute atomic E-state index is 2.62. The third kappa shape index (κ3) is 9.10. The Morgan fingerprint density at radius 1 is 0.636 bits per heavy atom. The SMILES string of the molecule is CC(C)CCCCCC[N+]1=C(/C=C/C=C/C=C/C=C2/N(CCCCCCN(C)C)c3ccc4ccccc4c3C2(C)C)C(C)(C)c2c1ccc1ccccc21. The molecule has 0 radical (unpaired) electrons. The minimum Gasteiger partial charge on any atom is -0.344 e. The maximum atomic E-state index is 2.62. The van der Waals surface area contributed by atoms with Gasteiger partial charge in [-0.2, -0.15) is 4.58 Å². The smallest absolute Gasteiger partial charge is 0.210 e. The number of hydrogen-bond acceptors (Lipinski definition) is 2. The van der Waals surface area contributed by atoms with Crippen molar-refractivity contribution in [2.75, 3.05) is 38.6 Å². The molecule has 2 heterocycles. The molecule has 290 valence electrons. The van der Waals surface area contributed by atoms with Crippen molar-refractivity contribution in [3.05, 3.63) is 132 Å². The molecule has 0 saturated carbocycles. The predicted molar refractivity (Wildman–Crippen MR) is 242 cm³/mol. The minimum atomic E-state index is -0.0865. The Morgan fingerprint density at radius 2 is 1.25 bits per heavy atom. The normalized spacial score (nSPS) is 17.2. The summed E-state index contributed by atoms with van der Waals surface area (Å²) < 4.78 is 2.62. The van der Waals surface area contributed by atoms with E-state index in [9.17, 15) is 0 Å². The molecule has 2 aliphatic heterocycles. The molecule has 0 aromatic heterocycles. The molecule has 6 rings (SSSR count). The molecule has 55 heavy (non-hydrogen) atoms. The summed E-state index contributed by atoms with van der Waals surface area (Å²) in [4.78, 5) is 4.91. The summed E-state index contributed by atoms with van der Waals surface area (Å²) in [6.45, 7) is 17.6. The highest BCUT2D eigenvalue weighted by atomic mass is 15.2. The number of nitrogens with zero attached hydrogens (tertiary/aromatic N) is 3. The van der Waals surface area contributed by atoms with E-state index in [0.717, 1.165) is 19.0 Å². The number of hydrogen-bond donors (Lipinski definition) is 0. The molecule has 0 atom stereocenters. The Labute approximate surface area is 333 Å². The summed E-state index contributed by atoms with van der Waals surface area (Å²) in [5.41, 5.74) is 8.30. The van der Waals surface area contributed by atoms with Gasteiger partial charge in [-0.3, -0.25) is 0 Å². The van der Waals surface area contributed by atoms with E-state index in [-0.39, 0.29) is 10.8 Å². The monoisotopic (exact) mass is 735 g/mol. The van der Waals surface area contributed by atoms with E-state index >= 15 is 0 Å². The zero-order valence-electron chi connectivity index (χ0n) is 35.4. The highest BCUT2D eigenvalue weighted by Gasteiger charge is 2.45. The van der Waals surface area contributed by atoms with Crippen LogP contribution in [0.5, 0.6) is 0 Å². The number of anilines is 1. The lowest BCUT2D eigenvalue weighted by Gasteiger charge is -2.27. The largest absolute Gasteiger partial charge is 0.344 e. The van der Waals surface area contributed by atoms with E-state index in [1.807, 2.05) is 0 Å². The van der Waals surface area contributed by atoms with Gasteiger partial charge in [0.25, 0.3) is 0 Å². The molecule has 0 bridgehead atoms. The van der Waals surface area contributed by atoms with E-state index in [2.05, 4.69) is 185 Å². The summed E-state index contributed by atoms with van der Waals surface area (Å²) in [5, 5.41) is 5.41. The predicted octanol–water partition coefficient (Wildman–Crippen LogP) is 13.4. The van der Waals surface area contributed by atoms with E-state index < -0.39 is 0 Å². The van der Waals surface area contributed by atoms with Gasteiger partial charge in [-0.15, -0.1) is 0 Å². The van der Waals surface area contributed by atoms with Gasteiger partial charge in [-0.1, -0.05) is 145 Å². The second-order valence-corrected chi connectivity index (χ2v) is 17.8. The highest BCUT2D eigenvalue weighted by Crippen LogP contribution is 2.51. The Balaban J connectivity index is 1.21. The van der Waals surface area contributed by atoms with Gasteiger partial charge in [-0.25, -0.2) is 0 Å². The van der Waals surface area contributed by atoms with Crippen LogP contribution >= 0.6 is 0 Å². The summed E-state index contributed by atoms with van der Waals surface area (Å²) in [6, 6.07) is 27.2. The van der Waals surface area contributed by atoms with Crippen LogP contribution in [0.25, 0.3) is 21.5 Å². The second-order valence-electron chi connectivity index (χ2n) is 17.8. The van der Waals surface area contributed by atoms with Crippen LogP contribution in [0.15, 0.2) is 121 Å². The number of fused-ring (bicyclic) bond motifs is 6. The lowest BCUT2D eigenvalue weighted by molar-refractivity contribution is -0.438. The molecule has 0 aliphatic carbocycles. The molecular formula is C52H68N3+. The first-order chi connectivity index (χ1) is 26.5. The van der Waals surface area contributed by atoms with Crippen LogP contribution in [0.2, 0.25) is 0 Å². The fourth-order valence-corrected chi connectivity index (χ4v) is 9.27. The Kier molecular flexibility index (Phi) is 13.4. The van der Waals surface area contributed by atoms with E-state index in [1.165, 1.54) is 120 Å². The van der Waals surface area contributed by atoms with Gasteiger partial charge < -0.3 is 9.80 Å². The molecular weight excluding hydrogens is 667 g/mol. The summed E-state index contributed by atoms with van der Waals surface area (Å²) >= 11 is 0. The van der Waals surface area contributed by atoms with Crippen molar-refractivity contribution in [1.29, 1.82) is 0 Å². The second kappa shape index (κ2) is 18.2. The van der Waals surface area contributed by atoms with Crippen LogP contribution in [-0.2, 0) is 10.8 Å². The first-order valence-electron chi connectivity index (χ1n) is 21.4. The average molecular weight is 735 g/mol. The number of benzene rings is 4. The van der Waals surface area contributed by atoms with Crippen LogP contribution < -0.4 is 4.90 Å². The van der Waals surface area contributed by atoms with Gasteiger partial charge in [0, 0.05) is 47.5 Å². The fourth-order valence-electron chi connectivity index (χ4n) is 9.27. The molecule has 0 fully saturated rings. The minimum absolute atomic E-state index is 0.0819. The topological polar surface area (TPSA) is 9.49 Å². The Bertz CT molecular complexity index is 2080. The van der Waals surface area contributed by atoms with Gasteiger partial charge in [0.1, 0.15) is 6.54 Å². The van der Waals surface area contributed by atoms with Crippen LogP contribution in [0.4, 0.5) is 11.4 Å². The maximum Gasteiger partial charge on any atom is 0.210 e. The van der Waals surface area contributed by atoms with Gasteiger partial charge >= 0.3 is 0 Å². The lowest BCUT2D eigenvalue weighted by Crippen LogP contribution is -2.28. The van der Waals surface area contributed by atoms with Crippen molar-refractivity contribution in [3.8, 4) is 0 Å². The summed E-state index contributed by atoms with van der Waals surface area (Å²) in [7, 11) is 4.34. The molecule has 3 nitrogen and oxygen atoms in total. The third-order valence-electron chi connectivity index (χ3n) is 12.1. The van der Waals surface area contributed by atoms with Crippen LogP contribution in [0.3, 0.4) is 0 Å². The average Bonchev–Trinajstić information content (AvgIpc) is 3.51. The zero-order chi connectivity index (χ0) is 39.0. The summed E-state index contributed by atoms with van der Waals surface area (Å²) in [6.07, 6.45) is 27.4. The van der Waals surface area contributed by atoms with Gasteiger partial charge in [0.15, 0.2) is 5.71 Å². The molecule has 0 unspecified atom stereocenters. The van der Waals surface area contributed by atoms with Crippen molar-refractivity contribution in [2.45, 2.75) is 110 Å². The molecule has 0 saturated heterocycles. The quantitative estimate of drug-likeness (QED) is 0.0572. The molecule has 0 amide bonds. The van der Waals surface area contributed by atoms with Crippen LogP contribution in [0.1, 0.15) is 110 Å². The number of rotatable bonds is 18. The van der Waals surface area contributed by atoms with Crippen LogP contribution in [0, 0.1) is 5.92 Å². The van der Waals surface area contributed by atoms with Gasteiger partial charge in [-0.05, 0) is 105 Å². The van der Waals surface area contributed by atoms with Crippen molar-refractivity contribution in [2.24, 2.45) is 5.92 Å². The molecule has 4 aromatic rings. The van der Waals surface area contributed by atoms with Crippen LogP contribution in [-0.4, -0.2) is 48.9 Å². The van der Waals surface area contributed by atoms with E-state index in [4.69, 9.17) is 0 Å². The third-order valence-corrected chi connectivity index (χ3v) is 12.1. The Hall–Kier alpha value is -4.21. The molecule has 3 heteroatoms. The molecule has 4 aromatic carbocycles. The standard InChI is InChI=1S/C52H68N3/c1-40(2)26-16-12-13-24-38-54-45-35-33-41-27-19-21-29-43(41)49(45)51(3,4)47(54)31-17-10-9-11-18-32-48-52(5,6)50-44-30-22-20-28-42(44)34-36-46(50)55(48)39-25-15-14-23-37-53(7)8/h9-11,17-22,27-36,40H,12-16,23-26,37-39H2,1-8H3/q+1. The van der Waals surface area contributed by atoms with E-state index in [0.29, 0.717) is 0 Å². The fraction of sp³-hybridized carbons (Fsp3) is 0.442. The first kappa shape index (κ1) is 40.5. The van der Waals surface area contributed by atoms with Gasteiger partial charge in [0.05, 0.1) is 5.41 Å². The molecule has 0 spiro atoms. The van der Waals surface area contributed by atoms with Gasteiger partial charge in [0.2, 0.25) is 5.69 Å². The van der Waals surface area contributed by atoms with Crippen molar-refractivity contribution < 1.29 is 4.58 Å². The highest BCUT2D eigenvalue weighted by molar-refractivity contribution is 6.07. The van der Waals surface area contributed by atoms with E-state index in [1.54, 1.807) is 0 Å². The number of unbranched alkanes of at least 4 members (excludes halogenated alkanes) is 6. The summed E-state index contributed by atoms with van der Waals surface area (Å²) in [5.74, 6) is 0.796. The zero-order valence-corrected chi connectivity index (χ0v) is 35.4. The van der Waals surface area contributed by atoms with Crippen molar-refractivity contribution >= 4 is 38.6 Å². The number of allylic oxidation sites excluding steroid dienone is 8. The Morgan fingerprint density at radius 3 is 1.98 bits per heavy atom. The molecule has 0 N–H and O–H groups in total. The lowest BCUT2D eigenvalue weighted by atomic mass is 9.79.